The minimum Gasteiger partial charge on any atom is -0.441 e. The van der Waals surface area contributed by atoms with Crippen molar-refractivity contribution < 1.29 is 19.0 Å². The van der Waals surface area contributed by atoms with E-state index in [9.17, 15) is 4.79 Å². The van der Waals surface area contributed by atoms with Gasteiger partial charge in [-0.25, -0.2) is 9.31 Å². The fraction of sp³-hybridized carbons (Fsp3) is 0.500. The number of hydrogen-bond donors (Lipinski definition) is 1. The van der Waals surface area contributed by atoms with Crippen molar-refractivity contribution in [3.8, 4) is 11.1 Å². The maximum Gasteiger partial charge on any atom is 0.410 e. The van der Waals surface area contributed by atoms with Crippen molar-refractivity contribution in [2.24, 2.45) is 0 Å². The predicted octanol–water partition coefficient (Wildman–Crippen LogP) is 3.27. The summed E-state index contributed by atoms with van der Waals surface area (Å²) in [7, 11) is 0. The molecule has 37 heavy (non-hydrogen) atoms. The van der Waals surface area contributed by atoms with E-state index in [-0.39, 0.29) is 17.8 Å². The third-order valence-electron chi connectivity index (χ3n) is 7.75. The Labute approximate surface area is 217 Å². The number of carbonyl (C=O) groups is 1. The number of nitrogens with one attached hydrogen (secondary N) is 1. The number of benzene rings is 1. The number of nitrogens with zero attached hydrogens (tertiary/aromatic N) is 4. The van der Waals surface area contributed by atoms with Gasteiger partial charge in [-0.3, -0.25) is 0 Å². The highest BCUT2D eigenvalue weighted by Crippen LogP contribution is 2.35. The monoisotopic (exact) mass is 505 g/mol. The minimum atomic E-state index is -0.244. The number of anilines is 1. The van der Waals surface area contributed by atoms with Gasteiger partial charge >= 0.3 is 6.09 Å². The van der Waals surface area contributed by atoms with E-state index >= 15 is 0 Å². The quantitative estimate of drug-likeness (QED) is 0.551. The normalized spacial score (nSPS) is 22.7. The van der Waals surface area contributed by atoms with Crippen LogP contribution in [0.3, 0.4) is 0 Å². The van der Waals surface area contributed by atoms with Crippen molar-refractivity contribution in [1.29, 1.82) is 0 Å². The molecule has 3 fully saturated rings. The molecule has 9 nitrogen and oxygen atoms in total. The first-order valence-corrected chi connectivity index (χ1v) is 13.4. The molecule has 0 spiro atoms. The number of ether oxygens (including phenoxy) is 3. The Bertz CT molecular complexity index is 1220. The Morgan fingerprint density at radius 2 is 1.95 bits per heavy atom. The standard InChI is InChI=1S/C28H35N5O4/c1-2-36-28(9-3-10-29-20-28)23-6-4-21(5-7-23)22-16-26-25(8-11-30-33(26)17-22)31-12-14-32(15-13-31)27(34)37-24-18-35-19-24/h4-8,11,16-17,24,29H,2-3,9-10,12-15,18-20H2,1H3/t28-/m1/s1. The zero-order valence-corrected chi connectivity index (χ0v) is 21.4. The summed E-state index contributed by atoms with van der Waals surface area (Å²) in [6.07, 6.45) is 5.75. The second kappa shape index (κ2) is 10.3. The molecule has 1 amide bonds. The number of rotatable bonds is 6. The number of amides is 1. The van der Waals surface area contributed by atoms with Gasteiger partial charge in [0.05, 0.1) is 24.4 Å². The maximum atomic E-state index is 12.4. The van der Waals surface area contributed by atoms with Gasteiger partial charge in [-0.05, 0) is 49.6 Å². The molecule has 196 valence electrons. The van der Waals surface area contributed by atoms with Crippen LogP contribution < -0.4 is 10.2 Å². The van der Waals surface area contributed by atoms with E-state index in [1.165, 1.54) is 5.56 Å². The molecule has 2 aromatic heterocycles. The Balaban J connectivity index is 1.18. The van der Waals surface area contributed by atoms with Crippen LogP contribution in [0.25, 0.3) is 16.6 Å². The molecular weight excluding hydrogens is 470 g/mol. The molecule has 0 radical (unpaired) electrons. The van der Waals surface area contributed by atoms with Crippen LogP contribution >= 0.6 is 0 Å². The van der Waals surface area contributed by atoms with Gasteiger partial charge in [-0.2, -0.15) is 5.10 Å². The highest BCUT2D eigenvalue weighted by atomic mass is 16.6. The molecule has 0 unspecified atom stereocenters. The van der Waals surface area contributed by atoms with Gasteiger partial charge in [-0.1, -0.05) is 24.3 Å². The molecule has 0 bridgehead atoms. The highest BCUT2D eigenvalue weighted by Gasteiger charge is 2.34. The molecule has 3 saturated heterocycles. The van der Waals surface area contributed by atoms with Gasteiger partial charge in [0, 0.05) is 57.3 Å². The summed E-state index contributed by atoms with van der Waals surface area (Å²) in [4.78, 5) is 16.5. The molecular formula is C28H35N5O4. The number of fused-ring (bicyclic) bond motifs is 1. The molecule has 1 N–H and O–H groups in total. The molecule has 5 heterocycles. The van der Waals surface area contributed by atoms with E-state index in [1.807, 2.05) is 10.7 Å². The van der Waals surface area contributed by atoms with E-state index in [0.717, 1.165) is 61.4 Å². The van der Waals surface area contributed by atoms with E-state index in [4.69, 9.17) is 14.2 Å². The second-order valence-electron chi connectivity index (χ2n) is 10.1. The van der Waals surface area contributed by atoms with E-state index in [0.29, 0.717) is 32.9 Å². The molecule has 9 heteroatoms. The van der Waals surface area contributed by atoms with Crippen LogP contribution in [0.1, 0.15) is 25.3 Å². The smallest absolute Gasteiger partial charge is 0.410 e. The Morgan fingerprint density at radius 1 is 1.14 bits per heavy atom. The summed E-state index contributed by atoms with van der Waals surface area (Å²) in [5.74, 6) is 0. The fourth-order valence-electron chi connectivity index (χ4n) is 5.63. The zero-order valence-electron chi connectivity index (χ0n) is 21.4. The lowest BCUT2D eigenvalue weighted by Gasteiger charge is -2.38. The molecule has 1 aromatic carbocycles. The molecule has 0 aliphatic carbocycles. The van der Waals surface area contributed by atoms with Crippen LogP contribution in [0.4, 0.5) is 10.5 Å². The summed E-state index contributed by atoms with van der Waals surface area (Å²) in [6.45, 7) is 8.44. The molecule has 0 saturated carbocycles. The molecule has 3 aliphatic heterocycles. The van der Waals surface area contributed by atoms with Gasteiger partial charge in [-0.15, -0.1) is 0 Å². The summed E-state index contributed by atoms with van der Waals surface area (Å²) >= 11 is 0. The largest absolute Gasteiger partial charge is 0.441 e. The summed E-state index contributed by atoms with van der Waals surface area (Å²) in [5, 5.41) is 8.07. The third-order valence-corrected chi connectivity index (χ3v) is 7.75. The van der Waals surface area contributed by atoms with Crippen LogP contribution in [0.5, 0.6) is 0 Å². The van der Waals surface area contributed by atoms with Gasteiger partial charge < -0.3 is 29.3 Å². The second-order valence-corrected chi connectivity index (χ2v) is 10.1. The molecule has 1 atom stereocenters. The first-order valence-electron chi connectivity index (χ1n) is 13.4. The number of aromatic nitrogens is 2. The first kappa shape index (κ1) is 24.2. The van der Waals surface area contributed by atoms with Crippen molar-refractivity contribution in [1.82, 2.24) is 19.8 Å². The topological polar surface area (TPSA) is 80.6 Å². The predicted molar refractivity (Wildman–Crippen MR) is 141 cm³/mol. The van der Waals surface area contributed by atoms with Crippen LogP contribution in [0.15, 0.2) is 48.8 Å². The van der Waals surface area contributed by atoms with Gasteiger partial charge in [0.25, 0.3) is 0 Å². The number of hydrogen-bond acceptors (Lipinski definition) is 7. The van der Waals surface area contributed by atoms with Crippen molar-refractivity contribution in [2.75, 3.05) is 64.0 Å². The average molecular weight is 506 g/mol. The van der Waals surface area contributed by atoms with Gasteiger partial charge in [0.2, 0.25) is 0 Å². The van der Waals surface area contributed by atoms with Gasteiger partial charge in [0.1, 0.15) is 5.60 Å². The lowest BCUT2D eigenvalue weighted by Crippen LogP contribution is -2.51. The summed E-state index contributed by atoms with van der Waals surface area (Å²) in [5.41, 5.74) is 5.46. The van der Waals surface area contributed by atoms with Crippen LogP contribution in [-0.4, -0.2) is 85.8 Å². The zero-order chi connectivity index (χ0) is 25.2. The van der Waals surface area contributed by atoms with Crippen LogP contribution in [0.2, 0.25) is 0 Å². The van der Waals surface area contributed by atoms with Gasteiger partial charge in [0.15, 0.2) is 6.10 Å². The number of piperidine rings is 1. The number of carbonyl (C=O) groups excluding carboxylic acids is 1. The van der Waals surface area contributed by atoms with E-state index < -0.39 is 0 Å². The third kappa shape index (κ3) is 4.79. The fourth-order valence-corrected chi connectivity index (χ4v) is 5.63. The highest BCUT2D eigenvalue weighted by molar-refractivity contribution is 5.80. The van der Waals surface area contributed by atoms with E-state index in [1.54, 1.807) is 4.90 Å². The average Bonchev–Trinajstić information content (AvgIpc) is 3.36. The Kier molecular flexibility index (Phi) is 6.75. The van der Waals surface area contributed by atoms with Crippen molar-refractivity contribution >= 4 is 17.3 Å². The summed E-state index contributed by atoms with van der Waals surface area (Å²) < 4.78 is 18.8. The van der Waals surface area contributed by atoms with E-state index in [2.05, 4.69) is 64.8 Å². The number of piperazine rings is 1. The SMILES string of the molecule is CCO[C@]1(c2ccc(-c3cc4c(N5CCN(C(=O)OC6COC6)CC5)ccnn4c3)cc2)CCCNC1. The maximum absolute atomic E-state index is 12.4. The molecule has 3 aliphatic rings. The Morgan fingerprint density at radius 3 is 2.62 bits per heavy atom. The molecule has 6 rings (SSSR count). The van der Waals surface area contributed by atoms with Crippen molar-refractivity contribution in [2.45, 2.75) is 31.5 Å². The van der Waals surface area contributed by atoms with Crippen molar-refractivity contribution in [3.05, 3.63) is 54.4 Å². The summed E-state index contributed by atoms with van der Waals surface area (Å²) in [6, 6.07) is 13.1. The molecule has 3 aromatic rings. The lowest BCUT2D eigenvalue weighted by atomic mass is 9.85. The first-order chi connectivity index (χ1) is 18.1. The lowest BCUT2D eigenvalue weighted by molar-refractivity contribution is -0.104. The van der Waals surface area contributed by atoms with Crippen molar-refractivity contribution in [3.63, 3.8) is 0 Å². The van der Waals surface area contributed by atoms with Crippen LogP contribution in [0, 0.1) is 0 Å². The van der Waals surface area contributed by atoms with Crippen LogP contribution in [-0.2, 0) is 19.8 Å². The Hall–Kier alpha value is -3.14. The minimum absolute atomic E-state index is 0.0948.